The van der Waals surface area contributed by atoms with Crippen molar-refractivity contribution in [3.05, 3.63) is 48.5 Å². The maximum Gasteiger partial charge on any atom is 0.262 e. The highest BCUT2D eigenvalue weighted by Crippen LogP contribution is 2.25. The van der Waals surface area contributed by atoms with Crippen LogP contribution in [0.25, 0.3) is 0 Å². The maximum atomic E-state index is 12.4. The van der Waals surface area contributed by atoms with Crippen LogP contribution in [-0.4, -0.2) is 28.0 Å². The number of carbonyl (C=O) groups excluding carboxylic acids is 1. The number of hydrogen-bond donors (Lipinski definition) is 1. The molecule has 1 amide bonds. The van der Waals surface area contributed by atoms with Crippen LogP contribution in [0.4, 0.5) is 11.4 Å². The standard InChI is InChI=1S/C17H18N2O4S/c1-23-15-4-2-5-16(12-15)24(21,22)18-13-7-9-14(10-8-13)19-11-3-6-17(19)20/h2,4-5,7-10,12,18H,3,6,11H2,1H3. The molecule has 0 aliphatic carbocycles. The van der Waals surface area contributed by atoms with E-state index in [1.54, 1.807) is 41.3 Å². The van der Waals surface area contributed by atoms with E-state index >= 15 is 0 Å². The van der Waals surface area contributed by atoms with Gasteiger partial charge in [0.25, 0.3) is 10.0 Å². The van der Waals surface area contributed by atoms with Crippen molar-refractivity contribution in [2.75, 3.05) is 23.3 Å². The van der Waals surface area contributed by atoms with Gasteiger partial charge in [0.05, 0.1) is 12.0 Å². The molecule has 2 aromatic rings. The smallest absolute Gasteiger partial charge is 0.262 e. The highest BCUT2D eigenvalue weighted by molar-refractivity contribution is 7.92. The summed E-state index contributed by atoms with van der Waals surface area (Å²) in [5.41, 5.74) is 1.22. The van der Waals surface area contributed by atoms with Gasteiger partial charge in [0, 0.05) is 30.4 Å². The third-order valence-corrected chi connectivity index (χ3v) is 5.24. The molecule has 0 atom stereocenters. The van der Waals surface area contributed by atoms with E-state index in [-0.39, 0.29) is 10.8 Å². The normalized spacial score (nSPS) is 14.7. The van der Waals surface area contributed by atoms with E-state index in [1.807, 2.05) is 0 Å². The summed E-state index contributed by atoms with van der Waals surface area (Å²) in [7, 11) is -2.22. The van der Waals surface area contributed by atoms with E-state index in [0.717, 1.165) is 12.1 Å². The van der Waals surface area contributed by atoms with Crippen molar-refractivity contribution in [1.82, 2.24) is 0 Å². The number of rotatable bonds is 5. The van der Waals surface area contributed by atoms with Crippen LogP contribution >= 0.6 is 0 Å². The molecule has 7 heteroatoms. The van der Waals surface area contributed by atoms with Gasteiger partial charge in [-0.25, -0.2) is 8.42 Å². The third-order valence-electron chi connectivity index (χ3n) is 3.86. The number of sulfonamides is 1. The first-order valence-electron chi connectivity index (χ1n) is 7.57. The van der Waals surface area contributed by atoms with Gasteiger partial charge in [0.1, 0.15) is 5.75 Å². The molecule has 6 nitrogen and oxygen atoms in total. The lowest BCUT2D eigenvalue weighted by atomic mass is 10.2. The van der Waals surface area contributed by atoms with Crippen molar-refractivity contribution < 1.29 is 17.9 Å². The van der Waals surface area contributed by atoms with E-state index in [1.165, 1.54) is 19.2 Å². The molecule has 0 radical (unpaired) electrons. The minimum Gasteiger partial charge on any atom is -0.497 e. The Morgan fingerprint density at radius 1 is 1.12 bits per heavy atom. The minimum atomic E-state index is -3.70. The minimum absolute atomic E-state index is 0.0970. The molecule has 0 unspecified atom stereocenters. The quantitative estimate of drug-likeness (QED) is 0.903. The van der Waals surface area contributed by atoms with E-state index in [0.29, 0.717) is 24.4 Å². The monoisotopic (exact) mass is 346 g/mol. The summed E-state index contributed by atoms with van der Waals surface area (Å²) in [6.07, 6.45) is 1.41. The summed E-state index contributed by atoms with van der Waals surface area (Å²) in [6, 6.07) is 13.1. The molecule has 1 aliphatic heterocycles. The number of anilines is 2. The molecule has 1 saturated heterocycles. The number of nitrogens with one attached hydrogen (secondary N) is 1. The Bertz CT molecular complexity index is 847. The van der Waals surface area contributed by atoms with Crippen molar-refractivity contribution in [1.29, 1.82) is 0 Å². The van der Waals surface area contributed by atoms with Crippen LogP contribution in [0, 0.1) is 0 Å². The second kappa shape index (κ2) is 6.52. The number of ether oxygens (including phenoxy) is 1. The lowest BCUT2D eigenvalue weighted by molar-refractivity contribution is -0.117. The summed E-state index contributed by atoms with van der Waals surface area (Å²) >= 11 is 0. The molecule has 2 aromatic carbocycles. The highest BCUT2D eigenvalue weighted by Gasteiger charge is 2.21. The van der Waals surface area contributed by atoms with Gasteiger partial charge in [-0.3, -0.25) is 9.52 Å². The summed E-state index contributed by atoms with van der Waals surface area (Å²) in [4.78, 5) is 13.6. The first kappa shape index (κ1) is 16.3. The Kier molecular flexibility index (Phi) is 4.44. The van der Waals surface area contributed by atoms with Crippen LogP contribution in [0.3, 0.4) is 0 Å². The summed E-state index contributed by atoms with van der Waals surface area (Å²) < 4.78 is 32.4. The predicted octanol–water partition coefficient (Wildman–Crippen LogP) is 2.62. The predicted molar refractivity (Wildman–Crippen MR) is 91.8 cm³/mol. The fourth-order valence-corrected chi connectivity index (χ4v) is 3.71. The van der Waals surface area contributed by atoms with Gasteiger partial charge in [-0.15, -0.1) is 0 Å². The average molecular weight is 346 g/mol. The first-order valence-corrected chi connectivity index (χ1v) is 9.05. The Morgan fingerprint density at radius 3 is 2.50 bits per heavy atom. The van der Waals surface area contributed by atoms with Crippen molar-refractivity contribution in [2.24, 2.45) is 0 Å². The number of methoxy groups -OCH3 is 1. The Labute approximate surface area is 141 Å². The van der Waals surface area contributed by atoms with Gasteiger partial charge in [-0.1, -0.05) is 6.07 Å². The van der Waals surface area contributed by atoms with Crippen LogP contribution in [0.1, 0.15) is 12.8 Å². The molecule has 1 aliphatic rings. The summed E-state index contributed by atoms with van der Waals surface area (Å²) in [5.74, 6) is 0.570. The van der Waals surface area contributed by atoms with Gasteiger partial charge in [-0.05, 0) is 42.8 Å². The number of nitrogens with zero attached hydrogens (tertiary/aromatic N) is 1. The number of carbonyl (C=O) groups is 1. The van der Waals surface area contributed by atoms with Crippen molar-refractivity contribution in [3.8, 4) is 5.75 Å². The molecule has 24 heavy (non-hydrogen) atoms. The average Bonchev–Trinajstić information content (AvgIpc) is 3.01. The second-order valence-corrected chi connectivity index (χ2v) is 7.16. The zero-order chi connectivity index (χ0) is 17.2. The zero-order valence-corrected chi connectivity index (χ0v) is 14.0. The maximum absolute atomic E-state index is 12.4. The molecular formula is C17H18N2O4S. The van der Waals surface area contributed by atoms with E-state index in [4.69, 9.17) is 4.74 Å². The van der Waals surface area contributed by atoms with Crippen LogP contribution in [0.5, 0.6) is 5.75 Å². The lowest BCUT2D eigenvalue weighted by Crippen LogP contribution is -2.23. The Balaban J connectivity index is 1.78. The number of amides is 1. The highest BCUT2D eigenvalue weighted by atomic mass is 32.2. The van der Waals surface area contributed by atoms with E-state index in [9.17, 15) is 13.2 Å². The van der Waals surface area contributed by atoms with Gasteiger partial charge in [0.2, 0.25) is 5.91 Å². The summed E-state index contributed by atoms with van der Waals surface area (Å²) in [5, 5.41) is 0. The van der Waals surface area contributed by atoms with Crippen molar-refractivity contribution in [3.63, 3.8) is 0 Å². The van der Waals surface area contributed by atoms with Crippen LogP contribution < -0.4 is 14.4 Å². The number of hydrogen-bond acceptors (Lipinski definition) is 4. The van der Waals surface area contributed by atoms with Crippen molar-refractivity contribution in [2.45, 2.75) is 17.7 Å². The molecule has 0 spiro atoms. The number of benzene rings is 2. The lowest BCUT2D eigenvalue weighted by Gasteiger charge is -2.16. The van der Waals surface area contributed by atoms with Crippen LogP contribution in [0.2, 0.25) is 0 Å². The fourth-order valence-electron chi connectivity index (χ4n) is 2.61. The molecule has 1 fully saturated rings. The van der Waals surface area contributed by atoms with Gasteiger partial charge in [0.15, 0.2) is 0 Å². The fraction of sp³-hybridized carbons (Fsp3) is 0.235. The largest absolute Gasteiger partial charge is 0.497 e. The molecule has 0 bridgehead atoms. The summed E-state index contributed by atoms with van der Waals surface area (Å²) in [6.45, 7) is 0.702. The molecule has 0 saturated carbocycles. The molecule has 126 valence electrons. The Morgan fingerprint density at radius 2 is 1.88 bits per heavy atom. The van der Waals surface area contributed by atoms with E-state index in [2.05, 4.69) is 4.72 Å². The van der Waals surface area contributed by atoms with Crippen LogP contribution in [0.15, 0.2) is 53.4 Å². The molecule has 1 heterocycles. The molecule has 3 rings (SSSR count). The topological polar surface area (TPSA) is 75.7 Å². The van der Waals surface area contributed by atoms with Gasteiger partial charge in [-0.2, -0.15) is 0 Å². The van der Waals surface area contributed by atoms with Crippen LogP contribution in [-0.2, 0) is 14.8 Å². The SMILES string of the molecule is COc1cccc(S(=O)(=O)Nc2ccc(N3CCCC3=O)cc2)c1. The van der Waals surface area contributed by atoms with Gasteiger partial charge < -0.3 is 9.64 Å². The second-order valence-electron chi connectivity index (χ2n) is 5.48. The van der Waals surface area contributed by atoms with Gasteiger partial charge >= 0.3 is 0 Å². The zero-order valence-electron chi connectivity index (χ0n) is 13.2. The van der Waals surface area contributed by atoms with Crippen molar-refractivity contribution >= 4 is 27.3 Å². The molecular weight excluding hydrogens is 328 g/mol. The first-order chi connectivity index (χ1) is 11.5. The third kappa shape index (κ3) is 3.35. The Hall–Kier alpha value is -2.54. The molecule has 0 aromatic heterocycles. The van der Waals surface area contributed by atoms with E-state index < -0.39 is 10.0 Å². The molecule has 1 N–H and O–H groups in total.